The molecule has 1 aromatic carbocycles. The van der Waals surface area contributed by atoms with Crippen LogP contribution in [0.2, 0.25) is 0 Å². The number of hydrogen-bond acceptors (Lipinski definition) is 4. The SMILES string of the molecule is C/C=C(C)/C=C/c1cc(C(=O)NCC(O)CO)ccc1OC. The summed E-state index contributed by atoms with van der Waals surface area (Å²) >= 11 is 0. The Morgan fingerprint density at radius 3 is 2.77 bits per heavy atom. The molecule has 0 aliphatic carbocycles. The highest BCUT2D eigenvalue weighted by atomic mass is 16.5. The van der Waals surface area contributed by atoms with Crippen LogP contribution in [-0.2, 0) is 0 Å². The molecule has 1 unspecified atom stereocenters. The molecule has 0 aliphatic rings. The van der Waals surface area contributed by atoms with Crippen LogP contribution in [0.3, 0.4) is 0 Å². The molecule has 0 radical (unpaired) electrons. The third-order valence-electron chi connectivity index (χ3n) is 3.18. The van der Waals surface area contributed by atoms with Crippen molar-refractivity contribution in [2.24, 2.45) is 0 Å². The summed E-state index contributed by atoms with van der Waals surface area (Å²) in [5.74, 6) is 0.361. The molecule has 120 valence electrons. The first-order valence-corrected chi connectivity index (χ1v) is 7.08. The van der Waals surface area contributed by atoms with Gasteiger partial charge in [0, 0.05) is 17.7 Å². The average Bonchev–Trinajstić information content (AvgIpc) is 2.56. The van der Waals surface area contributed by atoms with Crippen LogP contribution in [0.25, 0.3) is 6.08 Å². The van der Waals surface area contributed by atoms with E-state index in [2.05, 4.69) is 5.32 Å². The molecular weight excluding hydrogens is 282 g/mol. The highest BCUT2D eigenvalue weighted by molar-refractivity contribution is 5.95. The monoisotopic (exact) mass is 305 g/mol. The van der Waals surface area contributed by atoms with Gasteiger partial charge in [0.15, 0.2) is 0 Å². The predicted octanol–water partition coefficient (Wildman–Crippen LogP) is 1.76. The maximum absolute atomic E-state index is 12.0. The van der Waals surface area contributed by atoms with Crippen LogP contribution in [-0.4, -0.2) is 42.5 Å². The van der Waals surface area contributed by atoms with Crippen LogP contribution >= 0.6 is 0 Å². The van der Waals surface area contributed by atoms with Crippen LogP contribution in [0.1, 0.15) is 29.8 Å². The molecule has 3 N–H and O–H groups in total. The van der Waals surface area contributed by atoms with Gasteiger partial charge < -0.3 is 20.3 Å². The highest BCUT2D eigenvalue weighted by Crippen LogP contribution is 2.22. The molecule has 22 heavy (non-hydrogen) atoms. The van der Waals surface area contributed by atoms with E-state index in [0.29, 0.717) is 11.3 Å². The zero-order chi connectivity index (χ0) is 16.5. The maximum Gasteiger partial charge on any atom is 0.251 e. The van der Waals surface area contributed by atoms with Crippen molar-refractivity contribution in [3.63, 3.8) is 0 Å². The van der Waals surface area contributed by atoms with Gasteiger partial charge in [0.05, 0.1) is 19.8 Å². The van der Waals surface area contributed by atoms with E-state index in [0.717, 1.165) is 11.1 Å². The largest absolute Gasteiger partial charge is 0.496 e. The van der Waals surface area contributed by atoms with E-state index in [1.54, 1.807) is 25.3 Å². The molecule has 0 saturated carbocycles. The normalized spacial score (nSPS) is 13.2. The third-order valence-corrected chi connectivity index (χ3v) is 3.18. The maximum atomic E-state index is 12.0. The van der Waals surface area contributed by atoms with E-state index in [9.17, 15) is 9.90 Å². The summed E-state index contributed by atoms with van der Waals surface area (Å²) in [6.45, 7) is 3.55. The lowest BCUT2D eigenvalue weighted by atomic mass is 10.1. The number of allylic oxidation sites excluding steroid dienone is 3. The van der Waals surface area contributed by atoms with Crippen LogP contribution in [0.5, 0.6) is 5.75 Å². The number of hydrogen-bond donors (Lipinski definition) is 3. The Hall–Kier alpha value is -2.11. The van der Waals surface area contributed by atoms with Gasteiger partial charge in [-0.2, -0.15) is 0 Å². The second kappa shape index (κ2) is 9.02. The van der Waals surface area contributed by atoms with Crippen molar-refractivity contribution >= 4 is 12.0 Å². The standard InChI is InChI=1S/C17H23NO4/c1-4-12(2)5-6-13-9-14(7-8-16(13)22-3)17(21)18-10-15(20)11-19/h4-9,15,19-20H,10-11H2,1-3H3,(H,18,21)/b6-5+,12-4+. The molecule has 0 heterocycles. The molecule has 1 atom stereocenters. The summed E-state index contributed by atoms with van der Waals surface area (Å²) in [4.78, 5) is 12.0. The minimum atomic E-state index is -0.959. The van der Waals surface area contributed by atoms with Crippen molar-refractivity contribution in [1.82, 2.24) is 5.32 Å². The smallest absolute Gasteiger partial charge is 0.251 e. The van der Waals surface area contributed by atoms with E-state index in [-0.39, 0.29) is 19.1 Å². The Kier molecular flexibility index (Phi) is 7.36. The van der Waals surface area contributed by atoms with Gasteiger partial charge in [0.2, 0.25) is 0 Å². The second-order valence-corrected chi connectivity index (χ2v) is 4.87. The molecule has 5 nitrogen and oxygen atoms in total. The Balaban J connectivity index is 2.94. The number of amides is 1. The lowest BCUT2D eigenvalue weighted by Crippen LogP contribution is -2.33. The number of ether oxygens (including phenoxy) is 1. The summed E-state index contributed by atoms with van der Waals surface area (Å²) in [6, 6.07) is 5.10. The van der Waals surface area contributed by atoms with E-state index >= 15 is 0 Å². The molecule has 0 fully saturated rings. The van der Waals surface area contributed by atoms with E-state index in [4.69, 9.17) is 9.84 Å². The zero-order valence-corrected chi connectivity index (χ0v) is 13.2. The number of nitrogens with one attached hydrogen (secondary N) is 1. The van der Waals surface area contributed by atoms with E-state index in [1.807, 2.05) is 32.1 Å². The minimum absolute atomic E-state index is 0.00418. The van der Waals surface area contributed by atoms with Gasteiger partial charge in [0.25, 0.3) is 5.91 Å². The van der Waals surface area contributed by atoms with Gasteiger partial charge >= 0.3 is 0 Å². The fourth-order valence-electron chi connectivity index (χ4n) is 1.70. The number of carbonyl (C=O) groups excluding carboxylic acids is 1. The molecular formula is C17H23NO4. The third kappa shape index (κ3) is 5.35. The molecule has 5 heteroatoms. The Morgan fingerprint density at radius 1 is 1.45 bits per heavy atom. The van der Waals surface area contributed by atoms with Gasteiger partial charge in [-0.25, -0.2) is 0 Å². The molecule has 1 amide bonds. The molecule has 0 aromatic heterocycles. The van der Waals surface area contributed by atoms with E-state index in [1.165, 1.54) is 0 Å². The van der Waals surface area contributed by atoms with Gasteiger partial charge in [0.1, 0.15) is 5.75 Å². The zero-order valence-electron chi connectivity index (χ0n) is 13.2. The van der Waals surface area contributed by atoms with Gasteiger partial charge in [-0.05, 0) is 32.0 Å². The Bertz CT molecular complexity index is 564. The van der Waals surface area contributed by atoms with Crippen molar-refractivity contribution in [2.45, 2.75) is 20.0 Å². The predicted molar refractivity (Wildman–Crippen MR) is 86.9 cm³/mol. The minimum Gasteiger partial charge on any atom is -0.496 e. The van der Waals surface area contributed by atoms with Crippen LogP contribution in [0.4, 0.5) is 0 Å². The summed E-state index contributed by atoms with van der Waals surface area (Å²) in [5.41, 5.74) is 2.35. The highest BCUT2D eigenvalue weighted by Gasteiger charge is 2.10. The van der Waals surface area contributed by atoms with Crippen LogP contribution in [0.15, 0.2) is 35.9 Å². The molecule has 1 aromatic rings. The lowest BCUT2D eigenvalue weighted by Gasteiger charge is -2.11. The number of carbonyl (C=O) groups is 1. The average molecular weight is 305 g/mol. The number of aliphatic hydroxyl groups is 2. The van der Waals surface area contributed by atoms with Crippen molar-refractivity contribution in [3.8, 4) is 5.75 Å². The van der Waals surface area contributed by atoms with Crippen molar-refractivity contribution in [1.29, 1.82) is 0 Å². The fourth-order valence-corrected chi connectivity index (χ4v) is 1.70. The first-order chi connectivity index (χ1) is 10.5. The lowest BCUT2D eigenvalue weighted by molar-refractivity contribution is 0.0802. The van der Waals surface area contributed by atoms with Gasteiger partial charge in [-0.15, -0.1) is 0 Å². The molecule has 0 spiro atoms. The van der Waals surface area contributed by atoms with Crippen molar-refractivity contribution in [2.75, 3.05) is 20.3 Å². The first kappa shape index (κ1) is 17.9. The molecule has 0 aliphatic heterocycles. The fraction of sp³-hybridized carbons (Fsp3) is 0.353. The molecule has 0 saturated heterocycles. The molecule has 0 bridgehead atoms. The van der Waals surface area contributed by atoms with Gasteiger partial charge in [-0.3, -0.25) is 4.79 Å². The van der Waals surface area contributed by atoms with Gasteiger partial charge in [-0.1, -0.05) is 23.8 Å². The second-order valence-electron chi connectivity index (χ2n) is 4.87. The number of methoxy groups -OCH3 is 1. The first-order valence-electron chi connectivity index (χ1n) is 7.08. The van der Waals surface area contributed by atoms with E-state index < -0.39 is 6.10 Å². The number of aliphatic hydroxyl groups excluding tert-OH is 2. The summed E-state index contributed by atoms with van der Waals surface area (Å²) in [5, 5.41) is 20.6. The quantitative estimate of drug-likeness (QED) is 0.671. The van der Waals surface area contributed by atoms with Crippen molar-refractivity contribution < 1.29 is 19.7 Å². The topological polar surface area (TPSA) is 78.8 Å². The summed E-state index contributed by atoms with van der Waals surface area (Å²) < 4.78 is 5.29. The Labute approximate surface area is 130 Å². The summed E-state index contributed by atoms with van der Waals surface area (Å²) in [6.07, 6.45) is 4.84. The number of rotatable bonds is 7. The summed E-state index contributed by atoms with van der Waals surface area (Å²) in [7, 11) is 1.58. The number of benzene rings is 1. The van der Waals surface area contributed by atoms with Crippen molar-refractivity contribution in [3.05, 3.63) is 47.1 Å². The van der Waals surface area contributed by atoms with Crippen LogP contribution < -0.4 is 10.1 Å². The molecule has 1 rings (SSSR count). The Morgan fingerprint density at radius 2 is 2.18 bits per heavy atom. The van der Waals surface area contributed by atoms with Crippen LogP contribution in [0, 0.1) is 0 Å².